The van der Waals surface area contributed by atoms with Crippen LogP contribution in [-0.2, 0) is 6.67 Å². The molecule has 8 heteroatoms. The standard InChI is InChI=1S/C16H20N4O3S/c1-18-5-2-6-19(8-7-18)10-20-16(24)23-15(17-20)12-3-4-13-14(9-12)22-11-21-13/h3-4,9H,2,5-8,10-11H2,1H3. The van der Waals surface area contributed by atoms with E-state index in [9.17, 15) is 0 Å². The molecule has 128 valence electrons. The van der Waals surface area contributed by atoms with E-state index in [1.165, 1.54) is 0 Å². The fourth-order valence-corrected chi connectivity index (χ4v) is 3.15. The van der Waals surface area contributed by atoms with Gasteiger partial charge in [0.2, 0.25) is 12.7 Å². The molecular formula is C16H20N4O3S. The van der Waals surface area contributed by atoms with Gasteiger partial charge in [-0.2, -0.15) is 0 Å². The molecule has 0 unspecified atom stereocenters. The van der Waals surface area contributed by atoms with E-state index in [1.807, 2.05) is 18.2 Å². The second-order valence-electron chi connectivity index (χ2n) is 6.16. The molecule has 0 saturated carbocycles. The first-order valence-corrected chi connectivity index (χ1v) is 8.49. The van der Waals surface area contributed by atoms with Gasteiger partial charge in [-0.25, -0.2) is 4.68 Å². The second kappa shape index (κ2) is 6.54. The van der Waals surface area contributed by atoms with Crippen LogP contribution < -0.4 is 9.47 Å². The van der Waals surface area contributed by atoms with E-state index in [2.05, 4.69) is 21.9 Å². The minimum Gasteiger partial charge on any atom is -0.454 e. The first-order chi connectivity index (χ1) is 11.7. The Hall–Kier alpha value is -1.90. The Morgan fingerprint density at radius 1 is 1.12 bits per heavy atom. The van der Waals surface area contributed by atoms with Gasteiger partial charge in [0.25, 0.3) is 4.84 Å². The average molecular weight is 348 g/mol. The molecular weight excluding hydrogens is 328 g/mol. The second-order valence-corrected chi connectivity index (χ2v) is 6.51. The Bertz CT molecular complexity index is 788. The summed E-state index contributed by atoms with van der Waals surface area (Å²) in [5, 5.41) is 4.54. The highest BCUT2D eigenvalue weighted by molar-refractivity contribution is 7.71. The fraction of sp³-hybridized carbons (Fsp3) is 0.500. The summed E-state index contributed by atoms with van der Waals surface area (Å²) in [6.45, 7) is 5.13. The molecule has 1 fully saturated rings. The third-order valence-corrected chi connectivity index (χ3v) is 4.67. The van der Waals surface area contributed by atoms with Gasteiger partial charge in [-0.1, -0.05) is 0 Å². The zero-order chi connectivity index (χ0) is 16.5. The molecule has 4 rings (SSSR count). The van der Waals surface area contributed by atoms with Gasteiger partial charge in [-0.3, -0.25) is 4.90 Å². The molecule has 0 radical (unpaired) electrons. The van der Waals surface area contributed by atoms with Crippen molar-refractivity contribution in [1.29, 1.82) is 0 Å². The lowest BCUT2D eigenvalue weighted by Crippen LogP contribution is -2.31. The van der Waals surface area contributed by atoms with Crippen molar-refractivity contribution < 1.29 is 13.9 Å². The zero-order valence-electron chi connectivity index (χ0n) is 13.6. The summed E-state index contributed by atoms with van der Waals surface area (Å²) in [7, 11) is 2.16. The molecule has 2 aliphatic heterocycles. The van der Waals surface area contributed by atoms with Gasteiger partial charge in [-0.05, 0) is 50.4 Å². The van der Waals surface area contributed by atoms with Gasteiger partial charge in [0.1, 0.15) is 0 Å². The van der Waals surface area contributed by atoms with Crippen molar-refractivity contribution in [3.63, 3.8) is 0 Å². The Balaban J connectivity index is 1.53. The molecule has 2 aliphatic rings. The normalized spacial score (nSPS) is 18.7. The van der Waals surface area contributed by atoms with Crippen LogP contribution in [0, 0.1) is 4.84 Å². The number of rotatable bonds is 3. The molecule has 0 bridgehead atoms. The highest BCUT2D eigenvalue weighted by atomic mass is 32.1. The Labute approximate surface area is 145 Å². The molecule has 1 saturated heterocycles. The Kier molecular flexibility index (Phi) is 4.26. The first-order valence-electron chi connectivity index (χ1n) is 8.08. The van der Waals surface area contributed by atoms with Crippen LogP contribution in [0.15, 0.2) is 22.6 Å². The maximum Gasteiger partial charge on any atom is 0.288 e. The third-order valence-electron chi connectivity index (χ3n) is 4.37. The van der Waals surface area contributed by atoms with Crippen molar-refractivity contribution in [1.82, 2.24) is 19.6 Å². The zero-order valence-corrected chi connectivity index (χ0v) is 14.4. The molecule has 7 nitrogen and oxygen atoms in total. The largest absolute Gasteiger partial charge is 0.454 e. The number of aromatic nitrogens is 2. The van der Waals surface area contributed by atoms with E-state index in [0.717, 1.165) is 43.9 Å². The van der Waals surface area contributed by atoms with Crippen LogP contribution >= 0.6 is 12.2 Å². The summed E-state index contributed by atoms with van der Waals surface area (Å²) >= 11 is 5.34. The molecule has 0 spiro atoms. The van der Waals surface area contributed by atoms with Gasteiger partial charge in [-0.15, -0.1) is 5.10 Å². The number of hydrogen-bond donors (Lipinski definition) is 0. The minimum absolute atomic E-state index is 0.250. The number of nitrogens with zero attached hydrogens (tertiary/aromatic N) is 4. The van der Waals surface area contributed by atoms with E-state index in [4.69, 9.17) is 26.1 Å². The maximum absolute atomic E-state index is 5.69. The lowest BCUT2D eigenvalue weighted by molar-refractivity contribution is 0.174. The molecule has 0 amide bonds. The summed E-state index contributed by atoms with van der Waals surface area (Å²) < 4.78 is 18.2. The Morgan fingerprint density at radius 2 is 2.00 bits per heavy atom. The molecule has 1 aromatic heterocycles. The van der Waals surface area contributed by atoms with Crippen LogP contribution in [-0.4, -0.2) is 59.6 Å². The van der Waals surface area contributed by atoms with Crippen LogP contribution in [0.4, 0.5) is 0 Å². The van der Waals surface area contributed by atoms with Crippen LogP contribution in [0.2, 0.25) is 0 Å². The van der Waals surface area contributed by atoms with Crippen LogP contribution in [0.1, 0.15) is 6.42 Å². The SMILES string of the molecule is CN1CCCN(Cn2nc(-c3ccc4c(c3)OCO4)oc2=S)CC1. The van der Waals surface area contributed by atoms with E-state index in [-0.39, 0.29) is 6.79 Å². The van der Waals surface area contributed by atoms with E-state index in [0.29, 0.717) is 23.1 Å². The summed E-state index contributed by atoms with van der Waals surface area (Å²) in [5.41, 5.74) is 0.833. The maximum atomic E-state index is 5.69. The lowest BCUT2D eigenvalue weighted by Gasteiger charge is -2.19. The molecule has 3 heterocycles. The highest BCUT2D eigenvalue weighted by Crippen LogP contribution is 2.35. The van der Waals surface area contributed by atoms with Crippen LogP contribution in [0.5, 0.6) is 11.5 Å². The first kappa shape index (κ1) is 15.6. The topological polar surface area (TPSA) is 55.9 Å². The summed E-state index contributed by atoms with van der Waals surface area (Å²) in [6.07, 6.45) is 1.15. The van der Waals surface area contributed by atoms with Crippen molar-refractivity contribution >= 4 is 12.2 Å². The van der Waals surface area contributed by atoms with Crippen molar-refractivity contribution in [2.75, 3.05) is 40.0 Å². The molecule has 0 N–H and O–H groups in total. The monoisotopic (exact) mass is 348 g/mol. The van der Waals surface area contributed by atoms with E-state index >= 15 is 0 Å². The van der Waals surface area contributed by atoms with E-state index in [1.54, 1.807) is 4.68 Å². The van der Waals surface area contributed by atoms with Crippen molar-refractivity contribution in [3.05, 3.63) is 23.0 Å². The van der Waals surface area contributed by atoms with E-state index < -0.39 is 0 Å². The highest BCUT2D eigenvalue weighted by Gasteiger charge is 2.18. The minimum atomic E-state index is 0.250. The fourth-order valence-electron chi connectivity index (χ4n) is 2.97. The number of fused-ring (bicyclic) bond motifs is 1. The summed E-state index contributed by atoms with van der Waals surface area (Å²) in [6, 6.07) is 5.63. The van der Waals surface area contributed by atoms with Crippen LogP contribution in [0.3, 0.4) is 0 Å². The predicted octanol–water partition coefficient (Wildman–Crippen LogP) is 2.20. The van der Waals surface area contributed by atoms with Crippen LogP contribution in [0.25, 0.3) is 11.5 Å². The molecule has 1 aromatic carbocycles. The third kappa shape index (κ3) is 3.17. The molecule has 0 aliphatic carbocycles. The van der Waals surface area contributed by atoms with Gasteiger partial charge >= 0.3 is 0 Å². The molecule has 24 heavy (non-hydrogen) atoms. The smallest absolute Gasteiger partial charge is 0.288 e. The number of hydrogen-bond acceptors (Lipinski definition) is 7. The molecule has 0 atom stereocenters. The Morgan fingerprint density at radius 3 is 2.92 bits per heavy atom. The number of ether oxygens (including phenoxy) is 2. The predicted molar refractivity (Wildman–Crippen MR) is 90.6 cm³/mol. The quantitative estimate of drug-likeness (QED) is 0.788. The molecule has 2 aromatic rings. The van der Waals surface area contributed by atoms with Crippen molar-refractivity contribution in [2.24, 2.45) is 0 Å². The van der Waals surface area contributed by atoms with Gasteiger partial charge in [0.15, 0.2) is 11.5 Å². The van der Waals surface area contributed by atoms with Gasteiger partial charge in [0, 0.05) is 25.2 Å². The van der Waals surface area contributed by atoms with Crippen molar-refractivity contribution in [3.8, 4) is 23.0 Å². The van der Waals surface area contributed by atoms with Gasteiger partial charge in [0.05, 0.1) is 6.67 Å². The van der Waals surface area contributed by atoms with Crippen molar-refractivity contribution in [2.45, 2.75) is 13.1 Å². The summed E-state index contributed by atoms with van der Waals surface area (Å²) in [5.74, 6) is 1.95. The average Bonchev–Trinajstić information content (AvgIpc) is 3.12. The van der Waals surface area contributed by atoms with Gasteiger partial charge < -0.3 is 18.8 Å². The number of likely N-dealkylation sites (N-methyl/N-ethyl adjacent to an activating group) is 1. The summed E-state index contributed by atoms with van der Waals surface area (Å²) in [4.78, 5) is 5.09. The number of benzene rings is 1. The lowest BCUT2D eigenvalue weighted by atomic mass is 10.2.